The van der Waals surface area contributed by atoms with Gasteiger partial charge in [0.1, 0.15) is 36.8 Å². The molecule has 0 heterocycles. The SMILES string of the molecule is CCOC(=O)/C=C(\C)COc1ccc(C[C@H]2CCCC[C@H]2OC(=O)CC[C@@H](C)[C@H]2CC[C@H]3[C@@H]4[C@H](OC=O)C[C@@H]5C[C@H](OC=O)CC[C@]5(C)[C@H]4C[C@H](OC=O)[C@]23C)cc1. The van der Waals surface area contributed by atoms with Crippen LogP contribution in [0.5, 0.6) is 5.75 Å². The van der Waals surface area contributed by atoms with E-state index in [9.17, 15) is 24.0 Å². The normalized spacial score (nSPS) is 36.1. The Hall–Kier alpha value is -3.89. The molecule has 11 nitrogen and oxygen atoms in total. The van der Waals surface area contributed by atoms with Crippen LogP contribution in [0.1, 0.15) is 124 Å². The van der Waals surface area contributed by atoms with Crippen molar-refractivity contribution in [1.29, 1.82) is 0 Å². The molecule has 5 fully saturated rings. The Morgan fingerprint density at radius 3 is 2.33 bits per heavy atom. The van der Waals surface area contributed by atoms with Crippen molar-refractivity contribution in [1.82, 2.24) is 0 Å². The van der Waals surface area contributed by atoms with Gasteiger partial charge in [-0.2, -0.15) is 0 Å². The van der Waals surface area contributed by atoms with Gasteiger partial charge in [-0.05, 0) is 155 Å². The molecule has 13 atom stereocenters. The van der Waals surface area contributed by atoms with Crippen molar-refractivity contribution in [3.63, 3.8) is 0 Å². The number of hydrogen-bond acceptors (Lipinski definition) is 11. The first kappa shape index (κ1) is 43.7. The molecule has 0 saturated heterocycles. The van der Waals surface area contributed by atoms with Crippen LogP contribution < -0.4 is 4.74 Å². The molecule has 0 radical (unpaired) electrons. The number of ether oxygens (including phenoxy) is 6. The number of carbonyl (C=O) groups excluding carboxylic acids is 5. The highest BCUT2D eigenvalue weighted by Gasteiger charge is 2.67. The summed E-state index contributed by atoms with van der Waals surface area (Å²) in [5.74, 6) is 1.64. The van der Waals surface area contributed by atoms with Crippen molar-refractivity contribution < 1.29 is 52.4 Å². The number of rotatable bonds is 18. The molecular formula is C47H66O11. The van der Waals surface area contributed by atoms with E-state index >= 15 is 0 Å². The van der Waals surface area contributed by atoms with Gasteiger partial charge in [-0.3, -0.25) is 19.2 Å². The first-order chi connectivity index (χ1) is 27.9. The van der Waals surface area contributed by atoms with Gasteiger partial charge in [0.05, 0.1) is 6.61 Å². The second-order valence-electron chi connectivity index (χ2n) is 18.6. The predicted molar refractivity (Wildman–Crippen MR) is 215 cm³/mol. The molecule has 0 aromatic heterocycles. The Bertz CT molecular complexity index is 1610. The molecule has 0 spiro atoms. The van der Waals surface area contributed by atoms with Gasteiger partial charge in [-0.25, -0.2) is 4.79 Å². The van der Waals surface area contributed by atoms with E-state index in [0.29, 0.717) is 51.9 Å². The van der Waals surface area contributed by atoms with Gasteiger partial charge in [0.25, 0.3) is 19.4 Å². The Labute approximate surface area is 344 Å². The summed E-state index contributed by atoms with van der Waals surface area (Å²) in [5, 5.41) is 0. The highest BCUT2D eigenvalue weighted by Crippen LogP contribution is 2.69. The molecule has 0 unspecified atom stereocenters. The summed E-state index contributed by atoms with van der Waals surface area (Å²) >= 11 is 0. The molecular weight excluding hydrogens is 741 g/mol. The molecule has 0 bridgehead atoms. The highest BCUT2D eigenvalue weighted by atomic mass is 16.6. The number of hydrogen-bond donors (Lipinski definition) is 0. The third-order valence-corrected chi connectivity index (χ3v) is 15.6. The number of fused-ring (bicyclic) bond motifs is 5. The Kier molecular flexibility index (Phi) is 14.6. The largest absolute Gasteiger partial charge is 0.489 e. The average Bonchev–Trinajstić information content (AvgIpc) is 3.56. The molecule has 5 saturated carbocycles. The molecule has 320 valence electrons. The minimum Gasteiger partial charge on any atom is -0.489 e. The summed E-state index contributed by atoms with van der Waals surface area (Å²) in [4.78, 5) is 60.5. The van der Waals surface area contributed by atoms with Crippen LogP contribution >= 0.6 is 0 Å². The first-order valence-corrected chi connectivity index (χ1v) is 22.0. The van der Waals surface area contributed by atoms with Gasteiger partial charge in [0.2, 0.25) is 0 Å². The van der Waals surface area contributed by atoms with Crippen LogP contribution in [0.4, 0.5) is 0 Å². The topological polar surface area (TPSA) is 141 Å². The molecule has 5 aliphatic rings. The van der Waals surface area contributed by atoms with Crippen LogP contribution in [0.3, 0.4) is 0 Å². The fourth-order valence-electron chi connectivity index (χ4n) is 12.7. The fraction of sp³-hybridized carbons (Fsp3) is 0.723. The summed E-state index contributed by atoms with van der Waals surface area (Å²) in [6.45, 7) is 12.9. The van der Waals surface area contributed by atoms with Crippen molar-refractivity contribution in [3.8, 4) is 5.75 Å². The summed E-state index contributed by atoms with van der Waals surface area (Å²) < 4.78 is 34.5. The number of carbonyl (C=O) groups is 5. The van der Waals surface area contributed by atoms with E-state index in [2.05, 4.69) is 32.9 Å². The van der Waals surface area contributed by atoms with Gasteiger partial charge in [0, 0.05) is 23.8 Å². The molecule has 0 amide bonds. The number of esters is 2. The van der Waals surface area contributed by atoms with E-state index in [0.717, 1.165) is 82.0 Å². The predicted octanol–water partition coefficient (Wildman–Crippen LogP) is 8.14. The van der Waals surface area contributed by atoms with Crippen LogP contribution in [0.2, 0.25) is 0 Å². The zero-order chi connectivity index (χ0) is 41.5. The van der Waals surface area contributed by atoms with Crippen molar-refractivity contribution in [2.24, 2.45) is 52.3 Å². The highest BCUT2D eigenvalue weighted by molar-refractivity contribution is 5.82. The van der Waals surface area contributed by atoms with E-state index in [1.807, 2.05) is 19.1 Å². The van der Waals surface area contributed by atoms with Crippen molar-refractivity contribution in [2.45, 2.75) is 149 Å². The molecule has 0 aliphatic heterocycles. The summed E-state index contributed by atoms with van der Waals surface area (Å²) in [6, 6.07) is 8.02. The van der Waals surface area contributed by atoms with E-state index < -0.39 is 0 Å². The van der Waals surface area contributed by atoms with Crippen molar-refractivity contribution >= 4 is 31.4 Å². The van der Waals surface area contributed by atoms with E-state index in [1.54, 1.807) is 6.92 Å². The molecule has 58 heavy (non-hydrogen) atoms. The first-order valence-electron chi connectivity index (χ1n) is 22.0. The van der Waals surface area contributed by atoms with Crippen LogP contribution in [0.25, 0.3) is 0 Å². The van der Waals surface area contributed by atoms with E-state index in [-0.39, 0.29) is 88.6 Å². The quantitative estimate of drug-likeness (QED) is 0.0615. The fourth-order valence-corrected chi connectivity index (χ4v) is 12.7. The second kappa shape index (κ2) is 19.4. The smallest absolute Gasteiger partial charge is 0.330 e. The van der Waals surface area contributed by atoms with Gasteiger partial charge in [-0.1, -0.05) is 39.3 Å². The average molecular weight is 807 g/mol. The molecule has 0 N–H and O–H groups in total. The van der Waals surface area contributed by atoms with Gasteiger partial charge < -0.3 is 28.4 Å². The molecule has 1 aromatic carbocycles. The standard InChI is InChI=1S/C47H66O11/c1-6-53-44(52)21-30(2)26-54-35-14-12-32(13-15-35)22-33-9-7-8-10-40(33)58-43(51)18-11-31(3)37-16-17-38-45-39(25-42(57-29-50)47(37,38)5)46(4)20-19-36(55-27-48)23-34(46)24-41(45)56-28-49/h12-15,21,27-29,31,33-34,36-42,45H,6-11,16-20,22-26H2,1-5H3/b30-21+/t31-,33-,34+,36-,37-,38+,39+,40-,41-,42+,45+,46+,47-/m1/s1. The molecule has 5 aliphatic carbocycles. The van der Waals surface area contributed by atoms with Gasteiger partial charge >= 0.3 is 11.9 Å². The van der Waals surface area contributed by atoms with Crippen LogP contribution in [-0.2, 0) is 54.1 Å². The Balaban J connectivity index is 1.06. The van der Waals surface area contributed by atoms with E-state index in [1.165, 1.54) is 11.6 Å². The van der Waals surface area contributed by atoms with Gasteiger partial charge in [0.15, 0.2) is 0 Å². The zero-order valence-corrected chi connectivity index (χ0v) is 35.3. The molecule has 1 aromatic rings. The maximum Gasteiger partial charge on any atom is 0.330 e. The lowest BCUT2D eigenvalue weighted by atomic mass is 9.43. The van der Waals surface area contributed by atoms with Crippen molar-refractivity contribution in [3.05, 3.63) is 41.5 Å². The lowest BCUT2D eigenvalue weighted by molar-refractivity contribution is -0.218. The molecule has 6 rings (SSSR count). The maximum absolute atomic E-state index is 13.5. The van der Waals surface area contributed by atoms with E-state index in [4.69, 9.17) is 28.4 Å². The minimum absolute atomic E-state index is 0.0470. The Morgan fingerprint density at radius 2 is 1.60 bits per heavy atom. The van der Waals surface area contributed by atoms with Gasteiger partial charge in [-0.15, -0.1) is 0 Å². The monoisotopic (exact) mass is 806 g/mol. The van der Waals surface area contributed by atoms with Crippen LogP contribution in [-0.4, -0.2) is 69.0 Å². The Morgan fingerprint density at radius 1 is 0.862 bits per heavy atom. The third-order valence-electron chi connectivity index (χ3n) is 15.6. The van der Waals surface area contributed by atoms with Crippen LogP contribution in [0, 0.1) is 52.3 Å². The third kappa shape index (κ3) is 9.44. The lowest BCUT2D eigenvalue weighted by Gasteiger charge is -2.64. The number of benzene rings is 1. The van der Waals surface area contributed by atoms with Crippen LogP contribution in [0.15, 0.2) is 35.9 Å². The zero-order valence-electron chi connectivity index (χ0n) is 35.3. The summed E-state index contributed by atoms with van der Waals surface area (Å²) in [7, 11) is 0. The maximum atomic E-state index is 13.5. The summed E-state index contributed by atoms with van der Waals surface area (Å²) in [6.07, 6.45) is 12.4. The summed E-state index contributed by atoms with van der Waals surface area (Å²) in [5.41, 5.74) is 1.57. The minimum atomic E-state index is -0.369. The second-order valence-corrected chi connectivity index (χ2v) is 18.6. The van der Waals surface area contributed by atoms with Crippen molar-refractivity contribution in [2.75, 3.05) is 13.2 Å². The lowest BCUT2D eigenvalue weighted by Crippen LogP contribution is -2.63. The molecule has 11 heteroatoms.